The summed E-state index contributed by atoms with van der Waals surface area (Å²) in [5.74, 6) is 0.676. The molecule has 3 rings (SSSR count). The average Bonchev–Trinajstić information content (AvgIpc) is 3.26. The van der Waals surface area contributed by atoms with E-state index in [2.05, 4.69) is 5.32 Å². The molecule has 30 heavy (non-hydrogen) atoms. The second-order valence-corrected chi connectivity index (χ2v) is 8.13. The van der Waals surface area contributed by atoms with Crippen LogP contribution in [0.4, 0.5) is 4.79 Å². The highest BCUT2D eigenvalue weighted by atomic mass is 32.1. The Morgan fingerprint density at radius 1 is 1.13 bits per heavy atom. The molecule has 1 aliphatic heterocycles. The summed E-state index contributed by atoms with van der Waals surface area (Å²) in [6.07, 6.45) is 1.45. The lowest BCUT2D eigenvalue weighted by Crippen LogP contribution is -2.42. The maximum atomic E-state index is 12.4. The zero-order valence-electron chi connectivity index (χ0n) is 17.0. The maximum Gasteiger partial charge on any atom is 0.513 e. The van der Waals surface area contributed by atoms with E-state index in [9.17, 15) is 14.4 Å². The van der Waals surface area contributed by atoms with Gasteiger partial charge in [0.2, 0.25) is 5.91 Å². The highest BCUT2D eigenvalue weighted by Gasteiger charge is 2.23. The molecular formula is C22H26N2O5S. The summed E-state index contributed by atoms with van der Waals surface area (Å²) in [5.41, 5.74) is 0.495. The van der Waals surface area contributed by atoms with Crippen LogP contribution >= 0.6 is 11.3 Å². The molecule has 1 aromatic heterocycles. The number of thiophene rings is 1. The van der Waals surface area contributed by atoms with E-state index in [-0.39, 0.29) is 18.4 Å². The van der Waals surface area contributed by atoms with Gasteiger partial charge in [0.05, 0.1) is 13.0 Å². The Hall–Kier alpha value is -2.87. The molecule has 0 atom stereocenters. The molecule has 8 heteroatoms. The van der Waals surface area contributed by atoms with Crippen molar-refractivity contribution in [2.45, 2.75) is 26.2 Å². The first kappa shape index (κ1) is 21.8. The van der Waals surface area contributed by atoms with Crippen LogP contribution in [0.3, 0.4) is 0 Å². The summed E-state index contributed by atoms with van der Waals surface area (Å²) in [6.45, 7) is 3.96. The van der Waals surface area contributed by atoms with Gasteiger partial charge in [-0.05, 0) is 61.4 Å². The van der Waals surface area contributed by atoms with Crippen LogP contribution in [-0.4, -0.2) is 49.1 Å². The van der Waals surface area contributed by atoms with Gasteiger partial charge in [0.15, 0.2) is 0 Å². The van der Waals surface area contributed by atoms with E-state index in [0.29, 0.717) is 30.2 Å². The lowest BCUT2D eigenvalue weighted by atomic mass is 9.96. The number of hydrogen-bond donors (Lipinski definition) is 1. The normalized spacial score (nSPS) is 14.2. The summed E-state index contributed by atoms with van der Waals surface area (Å²) in [4.78, 5) is 39.1. The van der Waals surface area contributed by atoms with Crippen LogP contribution in [0.15, 0.2) is 41.8 Å². The second-order valence-electron chi connectivity index (χ2n) is 7.10. The Kier molecular flexibility index (Phi) is 7.84. The van der Waals surface area contributed by atoms with Crippen LogP contribution in [0.25, 0.3) is 0 Å². The van der Waals surface area contributed by atoms with Crippen molar-refractivity contribution < 1.29 is 23.9 Å². The summed E-state index contributed by atoms with van der Waals surface area (Å²) in [7, 11) is 0. The molecule has 0 saturated carbocycles. The Morgan fingerprint density at radius 2 is 1.87 bits per heavy atom. The number of rotatable bonds is 7. The molecule has 0 radical (unpaired) electrons. The highest BCUT2D eigenvalue weighted by Crippen LogP contribution is 2.19. The SMILES string of the molecule is CCOC(=O)Oc1ccc(C(=O)NCC2CCN(C(=O)Cc3cccs3)CC2)cc1. The molecule has 2 amide bonds. The van der Waals surface area contributed by atoms with Crippen molar-refractivity contribution >= 4 is 29.3 Å². The van der Waals surface area contributed by atoms with Crippen LogP contribution in [0, 0.1) is 5.92 Å². The molecule has 2 heterocycles. The fraction of sp³-hybridized carbons (Fsp3) is 0.409. The van der Waals surface area contributed by atoms with Gasteiger partial charge in [-0.15, -0.1) is 11.3 Å². The van der Waals surface area contributed by atoms with Gasteiger partial charge >= 0.3 is 6.16 Å². The molecule has 1 aliphatic rings. The van der Waals surface area contributed by atoms with Crippen LogP contribution < -0.4 is 10.1 Å². The third-order valence-electron chi connectivity index (χ3n) is 5.00. The minimum Gasteiger partial charge on any atom is -0.434 e. The predicted octanol–water partition coefficient (Wildman–Crippen LogP) is 3.49. The fourth-order valence-corrected chi connectivity index (χ4v) is 4.01. The molecule has 1 N–H and O–H groups in total. The van der Waals surface area contributed by atoms with E-state index >= 15 is 0 Å². The Balaban J connectivity index is 1.39. The van der Waals surface area contributed by atoms with Gasteiger partial charge in [0, 0.05) is 30.1 Å². The molecule has 0 spiro atoms. The van der Waals surface area contributed by atoms with Gasteiger partial charge < -0.3 is 19.7 Å². The highest BCUT2D eigenvalue weighted by molar-refractivity contribution is 7.10. The number of nitrogens with zero attached hydrogens (tertiary/aromatic N) is 1. The minimum absolute atomic E-state index is 0.171. The predicted molar refractivity (Wildman–Crippen MR) is 114 cm³/mol. The van der Waals surface area contributed by atoms with E-state index in [4.69, 9.17) is 9.47 Å². The van der Waals surface area contributed by atoms with Gasteiger partial charge in [-0.1, -0.05) is 6.07 Å². The van der Waals surface area contributed by atoms with Crippen molar-refractivity contribution in [1.29, 1.82) is 0 Å². The van der Waals surface area contributed by atoms with Gasteiger partial charge in [-0.2, -0.15) is 0 Å². The molecule has 0 aliphatic carbocycles. The van der Waals surface area contributed by atoms with Crippen molar-refractivity contribution in [3.05, 3.63) is 52.2 Å². The number of ether oxygens (including phenoxy) is 2. The largest absolute Gasteiger partial charge is 0.513 e. The van der Waals surface area contributed by atoms with Gasteiger partial charge in [0.25, 0.3) is 5.91 Å². The average molecular weight is 431 g/mol. The first-order valence-corrected chi connectivity index (χ1v) is 11.0. The van der Waals surface area contributed by atoms with Crippen LogP contribution in [0.5, 0.6) is 5.75 Å². The van der Waals surface area contributed by atoms with Crippen LogP contribution in [0.2, 0.25) is 0 Å². The topological polar surface area (TPSA) is 84.9 Å². The molecule has 0 bridgehead atoms. The minimum atomic E-state index is -0.769. The Labute approximate surface area is 180 Å². The van der Waals surface area contributed by atoms with E-state index in [1.165, 1.54) is 0 Å². The van der Waals surface area contributed by atoms with E-state index in [0.717, 1.165) is 30.8 Å². The lowest BCUT2D eigenvalue weighted by Gasteiger charge is -2.32. The summed E-state index contributed by atoms with van der Waals surface area (Å²) in [5, 5.41) is 4.94. The lowest BCUT2D eigenvalue weighted by molar-refractivity contribution is -0.131. The third-order valence-corrected chi connectivity index (χ3v) is 5.88. The number of piperidine rings is 1. The van der Waals surface area contributed by atoms with Gasteiger partial charge in [-0.3, -0.25) is 9.59 Å². The molecule has 0 unspecified atom stereocenters. The summed E-state index contributed by atoms with van der Waals surface area (Å²) in [6, 6.07) is 10.3. The van der Waals surface area contributed by atoms with E-state index < -0.39 is 6.16 Å². The number of carbonyl (C=O) groups excluding carboxylic acids is 3. The number of hydrogen-bond acceptors (Lipinski definition) is 6. The summed E-state index contributed by atoms with van der Waals surface area (Å²) >= 11 is 1.61. The molecule has 160 valence electrons. The zero-order valence-corrected chi connectivity index (χ0v) is 17.8. The van der Waals surface area contributed by atoms with Crippen molar-refractivity contribution in [1.82, 2.24) is 10.2 Å². The standard InChI is InChI=1S/C22H26N2O5S/c1-2-28-22(27)29-18-7-5-17(6-8-18)21(26)23-15-16-9-11-24(12-10-16)20(25)14-19-4-3-13-30-19/h3-8,13,16H,2,9-12,14-15H2,1H3,(H,23,26). The van der Waals surface area contributed by atoms with E-state index in [1.54, 1.807) is 42.5 Å². The quantitative estimate of drug-likeness (QED) is 0.537. The van der Waals surface area contributed by atoms with Gasteiger partial charge in [0.1, 0.15) is 5.75 Å². The number of nitrogens with one attached hydrogen (secondary N) is 1. The van der Waals surface area contributed by atoms with Crippen molar-refractivity contribution in [3.63, 3.8) is 0 Å². The van der Waals surface area contributed by atoms with Crippen molar-refractivity contribution in [2.24, 2.45) is 5.92 Å². The van der Waals surface area contributed by atoms with Crippen molar-refractivity contribution in [2.75, 3.05) is 26.2 Å². The van der Waals surface area contributed by atoms with Crippen LogP contribution in [-0.2, 0) is 16.0 Å². The smallest absolute Gasteiger partial charge is 0.434 e. The first-order chi connectivity index (χ1) is 14.5. The number of benzene rings is 1. The molecule has 2 aromatic rings. The number of amides is 2. The molecule has 1 fully saturated rings. The monoisotopic (exact) mass is 430 g/mol. The first-order valence-electron chi connectivity index (χ1n) is 10.1. The number of likely N-dealkylation sites (tertiary alicyclic amines) is 1. The number of carbonyl (C=O) groups is 3. The molecule has 1 aromatic carbocycles. The maximum absolute atomic E-state index is 12.4. The molecule has 1 saturated heterocycles. The molecule has 7 nitrogen and oxygen atoms in total. The second kappa shape index (κ2) is 10.8. The Bertz CT molecular complexity index is 843. The third kappa shape index (κ3) is 6.32. The van der Waals surface area contributed by atoms with Gasteiger partial charge in [-0.25, -0.2) is 4.79 Å². The zero-order chi connectivity index (χ0) is 21.3. The fourth-order valence-electron chi connectivity index (χ4n) is 3.32. The summed E-state index contributed by atoms with van der Waals surface area (Å²) < 4.78 is 9.70. The van der Waals surface area contributed by atoms with E-state index in [1.807, 2.05) is 22.4 Å². The van der Waals surface area contributed by atoms with Crippen molar-refractivity contribution in [3.8, 4) is 5.75 Å². The Morgan fingerprint density at radius 3 is 2.50 bits per heavy atom. The molecular weight excluding hydrogens is 404 g/mol. The van der Waals surface area contributed by atoms with Crippen LogP contribution in [0.1, 0.15) is 35.0 Å².